The van der Waals surface area contributed by atoms with Crippen LogP contribution in [0.1, 0.15) is 207 Å². The van der Waals surface area contributed by atoms with Crippen LogP contribution in [-0.2, 0) is 18.9 Å². The Labute approximate surface area is 270 Å². The fourth-order valence-corrected chi connectivity index (χ4v) is 6.39. The molecule has 43 heavy (non-hydrogen) atoms. The van der Waals surface area contributed by atoms with E-state index >= 15 is 0 Å². The summed E-state index contributed by atoms with van der Waals surface area (Å²) >= 11 is 0. The Bertz CT molecular complexity index is 505. The summed E-state index contributed by atoms with van der Waals surface area (Å²) in [6.45, 7) is 11.4. The summed E-state index contributed by atoms with van der Waals surface area (Å²) in [6.07, 6.45) is 38.7. The van der Waals surface area contributed by atoms with Gasteiger partial charge in [-0.25, -0.2) is 0 Å². The van der Waals surface area contributed by atoms with Crippen molar-refractivity contribution in [2.45, 2.75) is 225 Å². The molecule has 1 saturated heterocycles. The molecule has 2 unspecified atom stereocenters. The van der Waals surface area contributed by atoms with Gasteiger partial charge in [0, 0.05) is 13.2 Å². The van der Waals surface area contributed by atoms with Crippen molar-refractivity contribution in [2.75, 3.05) is 26.4 Å². The molecule has 1 aliphatic heterocycles. The Morgan fingerprint density at radius 3 is 0.860 bits per heavy atom. The maximum absolute atomic E-state index is 6.14. The van der Waals surface area contributed by atoms with E-state index in [4.69, 9.17) is 18.9 Å². The molecule has 2 atom stereocenters. The smallest absolute Gasteiger partial charge is 0.163 e. The Morgan fingerprint density at radius 1 is 0.372 bits per heavy atom. The average Bonchev–Trinajstić information content (AvgIpc) is 3.29. The van der Waals surface area contributed by atoms with Gasteiger partial charge < -0.3 is 18.9 Å². The summed E-state index contributed by atoms with van der Waals surface area (Å²) in [5.41, 5.74) is 0. The Balaban J connectivity index is 1.90. The van der Waals surface area contributed by atoms with Crippen LogP contribution in [0.2, 0.25) is 0 Å². The lowest BCUT2D eigenvalue weighted by molar-refractivity contribution is -0.154. The van der Waals surface area contributed by atoms with Gasteiger partial charge in [-0.1, -0.05) is 181 Å². The summed E-state index contributed by atoms with van der Waals surface area (Å²) in [5, 5.41) is 0. The van der Waals surface area contributed by atoms with E-state index in [1.807, 2.05) is 13.8 Å². The van der Waals surface area contributed by atoms with Crippen molar-refractivity contribution in [3.63, 3.8) is 0 Å². The molecule has 4 nitrogen and oxygen atoms in total. The third kappa shape index (κ3) is 26.7. The summed E-state index contributed by atoms with van der Waals surface area (Å²) in [4.78, 5) is 0. The Kier molecular flexibility index (Phi) is 29.0. The second-order valence-electron chi connectivity index (χ2n) is 14.1. The quantitative estimate of drug-likeness (QED) is 0.0679. The van der Waals surface area contributed by atoms with Crippen LogP contribution in [-0.4, -0.2) is 44.4 Å². The van der Waals surface area contributed by atoms with Crippen LogP contribution in [0.4, 0.5) is 0 Å². The first-order chi connectivity index (χ1) is 21.1. The average molecular weight is 611 g/mol. The molecule has 0 radical (unpaired) electrons. The van der Waals surface area contributed by atoms with Crippen LogP contribution in [0.25, 0.3) is 0 Å². The van der Waals surface area contributed by atoms with Gasteiger partial charge >= 0.3 is 0 Å². The molecule has 1 heterocycles. The first-order valence-corrected chi connectivity index (χ1v) is 19.6. The third-order valence-electron chi connectivity index (χ3n) is 9.13. The zero-order valence-electron chi connectivity index (χ0n) is 29.9. The van der Waals surface area contributed by atoms with Crippen molar-refractivity contribution in [3.05, 3.63) is 0 Å². The Morgan fingerprint density at radius 2 is 0.605 bits per heavy atom. The maximum atomic E-state index is 6.14. The summed E-state index contributed by atoms with van der Waals surface area (Å²) < 4.78 is 24.3. The van der Waals surface area contributed by atoms with Crippen LogP contribution in [0.15, 0.2) is 0 Å². The first-order valence-electron chi connectivity index (χ1n) is 19.6. The molecule has 0 aromatic heterocycles. The Hall–Kier alpha value is -0.160. The molecule has 0 spiro atoms. The lowest BCUT2D eigenvalue weighted by atomic mass is 10.0. The van der Waals surface area contributed by atoms with Crippen molar-refractivity contribution in [3.8, 4) is 0 Å². The van der Waals surface area contributed by atoms with E-state index in [1.54, 1.807) is 0 Å². The minimum absolute atomic E-state index is 0.0296. The molecule has 0 bridgehead atoms. The van der Waals surface area contributed by atoms with Gasteiger partial charge in [-0.3, -0.25) is 0 Å². The highest BCUT2D eigenvalue weighted by Crippen LogP contribution is 2.28. The number of rotatable bonds is 34. The van der Waals surface area contributed by atoms with E-state index in [0.717, 1.165) is 26.1 Å². The van der Waals surface area contributed by atoms with E-state index < -0.39 is 5.79 Å². The van der Waals surface area contributed by atoms with Gasteiger partial charge in [0.1, 0.15) is 12.2 Å². The highest BCUT2D eigenvalue weighted by atomic mass is 16.8. The summed E-state index contributed by atoms with van der Waals surface area (Å²) in [6, 6.07) is 0. The molecule has 0 amide bonds. The molecule has 0 N–H and O–H groups in total. The molecule has 0 aromatic carbocycles. The van der Waals surface area contributed by atoms with Gasteiger partial charge in [-0.05, 0) is 26.7 Å². The molecule has 0 aromatic rings. The lowest BCUT2D eigenvalue weighted by Crippen LogP contribution is -2.32. The van der Waals surface area contributed by atoms with Gasteiger partial charge in [-0.2, -0.15) is 0 Å². The zero-order chi connectivity index (χ0) is 31.1. The van der Waals surface area contributed by atoms with Crippen molar-refractivity contribution >= 4 is 0 Å². The molecule has 1 rings (SSSR count). The number of unbranched alkanes of at least 4 members (excludes halogenated alkanes) is 26. The van der Waals surface area contributed by atoms with E-state index in [-0.39, 0.29) is 12.2 Å². The predicted octanol–water partition coefficient (Wildman–Crippen LogP) is 12.5. The second kappa shape index (κ2) is 30.5. The van der Waals surface area contributed by atoms with Crippen molar-refractivity contribution < 1.29 is 18.9 Å². The minimum Gasteiger partial charge on any atom is -0.379 e. The van der Waals surface area contributed by atoms with Gasteiger partial charge in [-0.15, -0.1) is 0 Å². The highest BCUT2D eigenvalue weighted by molar-refractivity contribution is 4.81. The van der Waals surface area contributed by atoms with Gasteiger partial charge in [0.2, 0.25) is 0 Å². The minimum atomic E-state index is -0.549. The van der Waals surface area contributed by atoms with Gasteiger partial charge in [0.05, 0.1) is 13.2 Å². The number of ether oxygens (including phenoxy) is 4. The van der Waals surface area contributed by atoms with Crippen LogP contribution in [0.5, 0.6) is 0 Å². The molecular formula is C39H78O4. The summed E-state index contributed by atoms with van der Waals surface area (Å²) in [7, 11) is 0. The molecule has 0 saturated carbocycles. The largest absolute Gasteiger partial charge is 0.379 e. The third-order valence-corrected chi connectivity index (χ3v) is 9.13. The van der Waals surface area contributed by atoms with Crippen molar-refractivity contribution in [1.82, 2.24) is 0 Å². The lowest BCUT2D eigenvalue weighted by Gasteiger charge is -2.17. The maximum Gasteiger partial charge on any atom is 0.163 e. The second-order valence-corrected chi connectivity index (χ2v) is 14.1. The molecule has 0 aliphatic carbocycles. The molecular weight excluding hydrogens is 532 g/mol. The van der Waals surface area contributed by atoms with E-state index in [9.17, 15) is 0 Å². The van der Waals surface area contributed by atoms with E-state index in [0.29, 0.717) is 13.2 Å². The SMILES string of the molecule is CCCCCCCCCCCCCCCCOCC1OC(C)(C)OC1COCCCCCCCCCCCCCCCC. The predicted molar refractivity (Wildman–Crippen MR) is 186 cm³/mol. The first kappa shape index (κ1) is 40.9. The highest BCUT2D eigenvalue weighted by Gasteiger charge is 2.41. The summed E-state index contributed by atoms with van der Waals surface area (Å²) in [5.74, 6) is -0.549. The van der Waals surface area contributed by atoms with Gasteiger partial charge in [0.15, 0.2) is 5.79 Å². The van der Waals surface area contributed by atoms with Crippen LogP contribution < -0.4 is 0 Å². The van der Waals surface area contributed by atoms with Gasteiger partial charge in [0.25, 0.3) is 0 Å². The van der Waals surface area contributed by atoms with Crippen LogP contribution >= 0.6 is 0 Å². The van der Waals surface area contributed by atoms with Crippen molar-refractivity contribution in [1.29, 1.82) is 0 Å². The fourth-order valence-electron chi connectivity index (χ4n) is 6.39. The molecule has 1 fully saturated rings. The van der Waals surface area contributed by atoms with E-state index in [1.165, 1.54) is 167 Å². The van der Waals surface area contributed by atoms with E-state index in [2.05, 4.69) is 13.8 Å². The molecule has 258 valence electrons. The monoisotopic (exact) mass is 611 g/mol. The molecule has 4 heteroatoms. The van der Waals surface area contributed by atoms with Crippen LogP contribution in [0.3, 0.4) is 0 Å². The standard InChI is InChI=1S/C39H78O4/c1-5-7-9-11-13-15-17-19-21-23-25-27-29-31-33-40-35-37-38(43-39(3,4)42-37)36-41-34-32-30-28-26-24-22-20-18-16-14-12-10-8-6-2/h37-38H,5-36H2,1-4H3. The van der Waals surface area contributed by atoms with Crippen LogP contribution in [0, 0.1) is 0 Å². The zero-order valence-corrected chi connectivity index (χ0v) is 29.9. The molecule has 1 aliphatic rings. The van der Waals surface area contributed by atoms with Crippen molar-refractivity contribution in [2.24, 2.45) is 0 Å². The number of hydrogen-bond acceptors (Lipinski definition) is 4. The normalized spacial score (nSPS) is 18.1. The fraction of sp³-hybridized carbons (Fsp3) is 1.00. The number of hydrogen-bond donors (Lipinski definition) is 0. The topological polar surface area (TPSA) is 36.9 Å².